The summed E-state index contributed by atoms with van der Waals surface area (Å²) in [5.74, 6) is -0.191. The van der Waals surface area contributed by atoms with Gasteiger partial charge < -0.3 is 19.3 Å². The molecule has 156 valence electrons. The summed E-state index contributed by atoms with van der Waals surface area (Å²) in [5, 5.41) is 8.78. The first-order chi connectivity index (χ1) is 13.6. The fourth-order valence-corrected chi connectivity index (χ4v) is 3.05. The summed E-state index contributed by atoms with van der Waals surface area (Å²) < 4.78 is 15.8. The second-order valence-electron chi connectivity index (χ2n) is 7.36. The first kappa shape index (κ1) is 22.3. The highest BCUT2D eigenvalue weighted by Gasteiger charge is 2.24. The lowest BCUT2D eigenvalue weighted by Gasteiger charge is -2.28. The normalized spacial score (nSPS) is 11.1. The van der Waals surface area contributed by atoms with Gasteiger partial charge in [-0.15, -0.1) is 0 Å². The van der Waals surface area contributed by atoms with Crippen molar-refractivity contribution < 1.29 is 28.9 Å². The maximum atomic E-state index is 11.5. The molecule has 0 fully saturated rings. The molecule has 0 aliphatic carbocycles. The molecule has 0 aromatic heterocycles. The topological polar surface area (TPSA) is 82.1 Å². The molecule has 6 nitrogen and oxygen atoms in total. The molecular weight excluding hydrogens is 372 g/mol. The van der Waals surface area contributed by atoms with Crippen molar-refractivity contribution in [2.75, 3.05) is 19.8 Å². The summed E-state index contributed by atoms with van der Waals surface area (Å²) in [4.78, 5) is 22.2. The van der Waals surface area contributed by atoms with E-state index in [1.54, 1.807) is 13.0 Å². The molecule has 0 radical (unpaired) electrons. The maximum absolute atomic E-state index is 11.5. The second kappa shape index (κ2) is 9.45. The average molecular weight is 400 g/mol. The number of benzene rings is 2. The van der Waals surface area contributed by atoms with Gasteiger partial charge >= 0.3 is 11.9 Å². The van der Waals surface area contributed by atoms with Crippen LogP contribution in [0.1, 0.15) is 43.0 Å². The number of carboxylic acids is 1. The smallest absolute Gasteiger partial charge is 0.344 e. The van der Waals surface area contributed by atoms with E-state index in [4.69, 9.17) is 19.3 Å². The number of carbonyl (C=O) groups is 2. The van der Waals surface area contributed by atoms with E-state index in [1.807, 2.05) is 44.2 Å². The van der Waals surface area contributed by atoms with Gasteiger partial charge in [0.05, 0.1) is 6.61 Å². The molecule has 0 unspecified atom stereocenters. The lowest BCUT2D eigenvalue weighted by molar-refractivity contribution is -0.145. The first-order valence-electron chi connectivity index (χ1n) is 9.50. The van der Waals surface area contributed by atoms with Gasteiger partial charge in [0.1, 0.15) is 11.5 Å². The van der Waals surface area contributed by atoms with Crippen molar-refractivity contribution in [3.05, 3.63) is 58.7 Å². The van der Waals surface area contributed by atoms with Crippen LogP contribution in [0.3, 0.4) is 0 Å². The molecular formula is C23H28O6. The van der Waals surface area contributed by atoms with Gasteiger partial charge in [-0.25, -0.2) is 9.59 Å². The van der Waals surface area contributed by atoms with Gasteiger partial charge in [-0.1, -0.05) is 38.1 Å². The van der Waals surface area contributed by atoms with E-state index in [-0.39, 0.29) is 18.6 Å². The van der Waals surface area contributed by atoms with Crippen molar-refractivity contribution in [3.63, 3.8) is 0 Å². The summed E-state index contributed by atoms with van der Waals surface area (Å²) in [6.07, 6.45) is 0. The Balaban J connectivity index is 2.20. The largest absolute Gasteiger partial charge is 0.482 e. The molecule has 0 saturated heterocycles. The zero-order chi connectivity index (χ0) is 21.6. The standard InChI is InChI=1S/C23H28O6/c1-6-27-22(26)14-29-20-10-8-18(12-16(20)3)23(4,5)17-7-9-19(15(2)11-17)28-13-21(24)25/h7-12H,6,13-14H2,1-5H3,(H,24,25). The highest BCUT2D eigenvalue weighted by Crippen LogP contribution is 2.35. The molecule has 0 bridgehead atoms. The van der Waals surface area contributed by atoms with Crippen LogP contribution in [0.5, 0.6) is 11.5 Å². The summed E-state index contributed by atoms with van der Waals surface area (Å²) in [6.45, 7) is 9.67. The van der Waals surface area contributed by atoms with E-state index < -0.39 is 11.9 Å². The number of rotatable bonds is 9. The van der Waals surface area contributed by atoms with Gasteiger partial charge in [-0.2, -0.15) is 0 Å². The summed E-state index contributed by atoms with van der Waals surface area (Å²) >= 11 is 0. The number of aryl methyl sites for hydroxylation is 2. The minimum absolute atomic E-state index is 0.117. The SMILES string of the molecule is CCOC(=O)COc1ccc(C(C)(C)c2ccc(OCC(=O)O)c(C)c2)cc1C. The van der Waals surface area contributed by atoms with Gasteiger partial charge in [0.2, 0.25) is 0 Å². The predicted molar refractivity (Wildman–Crippen MR) is 110 cm³/mol. The van der Waals surface area contributed by atoms with Crippen molar-refractivity contribution >= 4 is 11.9 Å². The zero-order valence-electron chi connectivity index (χ0n) is 17.6. The monoisotopic (exact) mass is 400 g/mol. The van der Waals surface area contributed by atoms with Crippen LogP contribution < -0.4 is 9.47 Å². The summed E-state index contributed by atoms with van der Waals surface area (Å²) in [7, 11) is 0. The van der Waals surface area contributed by atoms with Crippen LogP contribution in [-0.4, -0.2) is 36.9 Å². The first-order valence-corrected chi connectivity index (χ1v) is 9.50. The quantitative estimate of drug-likeness (QED) is 0.640. The maximum Gasteiger partial charge on any atom is 0.344 e. The molecule has 2 aromatic rings. The van der Waals surface area contributed by atoms with Crippen LogP contribution in [0.25, 0.3) is 0 Å². The Labute approximate surface area is 171 Å². The predicted octanol–water partition coefficient (Wildman–Crippen LogP) is 4.03. The highest BCUT2D eigenvalue weighted by atomic mass is 16.6. The number of carbonyl (C=O) groups excluding carboxylic acids is 1. The lowest BCUT2D eigenvalue weighted by atomic mass is 9.77. The second-order valence-corrected chi connectivity index (χ2v) is 7.36. The lowest BCUT2D eigenvalue weighted by Crippen LogP contribution is -2.20. The molecule has 0 amide bonds. The van der Waals surface area contributed by atoms with Crippen LogP contribution in [0.2, 0.25) is 0 Å². The van der Waals surface area contributed by atoms with Crippen LogP contribution in [0.4, 0.5) is 0 Å². The number of hydrogen-bond donors (Lipinski definition) is 1. The third kappa shape index (κ3) is 5.73. The van der Waals surface area contributed by atoms with Crippen molar-refractivity contribution in [1.29, 1.82) is 0 Å². The van der Waals surface area contributed by atoms with Crippen LogP contribution in [-0.2, 0) is 19.7 Å². The van der Waals surface area contributed by atoms with Gasteiger partial charge in [-0.05, 0) is 55.2 Å². The van der Waals surface area contributed by atoms with Crippen molar-refractivity contribution in [1.82, 2.24) is 0 Å². The molecule has 6 heteroatoms. The molecule has 0 heterocycles. The van der Waals surface area contributed by atoms with E-state index in [0.717, 1.165) is 22.3 Å². The number of aliphatic carboxylic acids is 1. The zero-order valence-corrected chi connectivity index (χ0v) is 17.6. The molecule has 0 atom stereocenters. The molecule has 0 aliphatic rings. The average Bonchev–Trinajstić information content (AvgIpc) is 2.66. The molecule has 0 saturated carbocycles. The molecule has 2 aromatic carbocycles. The van der Waals surface area contributed by atoms with Crippen molar-refractivity contribution in [2.45, 2.75) is 40.0 Å². The minimum atomic E-state index is -1.01. The molecule has 29 heavy (non-hydrogen) atoms. The van der Waals surface area contributed by atoms with E-state index in [1.165, 1.54) is 0 Å². The highest BCUT2D eigenvalue weighted by molar-refractivity contribution is 5.71. The molecule has 1 N–H and O–H groups in total. The number of ether oxygens (including phenoxy) is 3. The summed E-state index contributed by atoms with van der Waals surface area (Å²) in [6, 6.07) is 11.7. The Kier molecular flexibility index (Phi) is 7.26. The van der Waals surface area contributed by atoms with Gasteiger partial charge in [0, 0.05) is 5.41 Å². The fraction of sp³-hybridized carbons (Fsp3) is 0.391. The van der Waals surface area contributed by atoms with Gasteiger partial charge in [0.25, 0.3) is 0 Å². The van der Waals surface area contributed by atoms with Crippen molar-refractivity contribution in [2.24, 2.45) is 0 Å². The Morgan fingerprint density at radius 3 is 1.79 bits per heavy atom. The Bertz CT molecular complexity index is 885. The molecule has 0 spiro atoms. The Hall–Kier alpha value is -3.02. The Morgan fingerprint density at radius 1 is 0.897 bits per heavy atom. The van der Waals surface area contributed by atoms with Crippen LogP contribution in [0, 0.1) is 13.8 Å². The third-order valence-corrected chi connectivity index (χ3v) is 4.80. The fourth-order valence-electron chi connectivity index (χ4n) is 3.05. The van der Waals surface area contributed by atoms with Gasteiger partial charge in [0.15, 0.2) is 13.2 Å². The number of hydrogen-bond acceptors (Lipinski definition) is 5. The van der Waals surface area contributed by atoms with Crippen LogP contribution in [0.15, 0.2) is 36.4 Å². The van der Waals surface area contributed by atoms with Gasteiger partial charge in [-0.3, -0.25) is 0 Å². The number of carboxylic acid groups (broad SMARTS) is 1. The summed E-state index contributed by atoms with van der Waals surface area (Å²) in [5.41, 5.74) is 3.69. The molecule has 2 rings (SSSR count). The minimum Gasteiger partial charge on any atom is -0.482 e. The van der Waals surface area contributed by atoms with E-state index >= 15 is 0 Å². The Morgan fingerprint density at radius 2 is 1.38 bits per heavy atom. The third-order valence-electron chi connectivity index (χ3n) is 4.80. The van der Waals surface area contributed by atoms with E-state index in [0.29, 0.717) is 18.1 Å². The van der Waals surface area contributed by atoms with Crippen molar-refractivity contribution in [3.8, 4) is 11.5 Å². The van der Waals surface area contributed by atoms with Crippen LogP contribution >= 0.6 is 0 Å². The van der Waals surface area contributed by atoms with E-state index in [2.05, 4.69) is 13.8 Å². The number of esters is 1. The molecule has 0 aliphatic heterocycles. The van der Waals surface area contributed by atoms with E-state index in [9.17, 15) is 9.59 Å².